The molecule has 3 N–H and O–H groups in total. The van der Waals surface area contributed by atoms with E-state index < -0.39 is 0 Å². The van der Waals surface area contributed by atoms with Gasteiger partial charge in [-0.25, -0.2) is 0 Å². The van der Waals surface area contributed by atoms with E-state index in [0.29, 0.717) is 11.1 Å². The summed E-state index contributed by atoms with van der Waals surface area (Å²) in [4.78, 5) is 4.54. The smallest absolute Gasteiger partial charge is 0.124 e. The van der Waals surface area contributed by atoms with Crippen molar-refractivity contribution in [2.24, 2.45) is 5.73 Å². The molecule has 1 aliphatic rings. The topological polar surface area (TPSA) is 56.4 Å². The molecule has 1 fully saturated rings. The predicted octanol–water partition coefficient (Wildman–Crippen LogP) is 2.15. The van der Waals surface area contributed by atoms with E-state index in [-0.39, 0.29) is 5.84 Å². The summed E-state index contributed by atoms with van der Waals surface area (Å²) in [6.07, 6.45) is 2.35. The van der Waals surface area contributed by atoms with Gasteiger partial charge in [-0.2, -0.15) is 0 Å². The standard InChI is InChI=1S/C14H21ClN4/c1-18-7-3-4-11(9-18)19(2)13-8-10(15)5-6-12(13)14(16)17/h5-6,8,11H,3-4,7,9H2,1-2H3,(H3,16,17). The second kappa shape index (κ2) is 5.80. The van der Waals surface area contributed by atoms with Gasteiger partial charge in [0.15, 0.2) is 0 Å². The Labute approximate surface area is 119 Å². The van der Waals surface area contributed by atoms with Crippen molar-refractivity contribution in [3.05, 3.63) is 28.8 Å². The van der Waals surface area contributed by atoms with Gasteiger partial charge in [-0.05, 0) is 44.6 Å². The van der Waals surface area contributed by atoms with Crippen molar-refractivity contribution >= 4 is 23.1 Å². The second-order valence-corrected chi connectivity index (χ2v) is 5.68. The van der Waals surface area contributed by atoms with Crippen LogP contribution in [0, 0.1) is 5.41 Å². The number of piperidine rings is 1. The zero-order chi connectivity index (χ0) is 14.0. The van der Waals surface area contributed by atoms with E-state index in [0.717, 1.165) is 30.8 Å². The molecule has 4 nitrogen and oxygen atoms in total. The molecule has 0 spiro atoms. The minimum Gasteiger partial charge on any atom is -0.384 e. The van der Waals surface area contributed by atoms with Crippen molar-refractivity contribution in [2.75, 3.05) is 32.1 Å². The Morgan fingerprint density at radius 2 is 2.26 bits per heavy atom. The highest BCUT2D eigenvalue weighted by Crippen LogP contribution is 2.27. The van der Waals surface area contributed by atoms with Crippen LogP contribution in [0.2, 0.25) is 5.02 Å². The molecule has 1 saturated heterocycles. The molecule has 0 aliphatic carbocycles. The number of nitrogens with one attached hydrogen (secondary N) is 1. The van der Waals surface area contributed by atoms with Crippen molar-refractivity contribution in [3.63, 3.8) is 0 Å². The maximum Gasteiger partial charge on any atom is 0.124 e. The SMILES string of the molecule is CN1CCCC(N(C)c2cc(Cl)ccc2C(=N)N)C1. The summed E-state index contributed by atoms with van der Waals surface area (Å²) < 4.78 is 0. The number of benzene rings is 1. The first kappa shape index (κ1) is 14.2. The Balaban J connectivity index is 2.29. The molecule has 2 rings (SSSR count). The lowest BCUT2D eigenvalue weighted by atomic mass is 10.0. The number of nitrogens with two attached hydrogens (primary N) is 1. The molecule has 1 aromatic carbocycles. The van der Waals surface area contributed by atoms with Crippen molar-refractivity contribution in [1.29, 1.82) is 5.41 Å². The van der Waals surface area contributed by atoms with Crippen LogP contribution in [-0.2, 0) is 0 Å². The Kier molecular flexibility index (Phi) is 4.32. The van der Waals surface area contributed by atoms with Crippen molar-refractivity contribution < 1.29 is 0 Å². The third kappa shape index (κ3) is 3.19. The molecule has 104 valence electrons. The number of nitrogens with zero attached hydrogens (tertiary/aromatic N) is 2. The van der Waals surface area contributed by atoms with Crippen LogP contribution in [0.5, 0.6) is 0 Å². The molecule has 1 aromatic rings. The Bertz CT molecular complexity index is 475. The number of likely N-dealkylation sites (N-methyl/N-ethyl adjacent to an activating group) is 2. The summed E-state index contributed by atoms with van der Waals surface area (Å²) in [6, 6.07) is 5.94. The first-order chi connectivity index (χ1) is 8.99. The fourth-order valence-corrected chi connectivity index (χ4v) is 2.84. The average molecular weight is 281 g/mol. The molecule has 1 unspecified atom stereocenters. The largest absolute Gasteiger partial charge is 0.384 e. The fourth-order valence-electron chi connectivity index (χ4n) is 2.68. The molecule has 0 bridgehead atoms. The Morgan fingerprint density at radius 1 is 1.53 bits per heavy atom. The molecular formula is C14H21ClN4. The second-order valence-electron chi connectivity index (χ2n) is 5.24. The number of anilines is 1. The third-order valence-corrected chi connectivity index (χ3v) is 4.01. The van der Waals surface area contributed by atoms with E-state index in [1.165, 1.54) is 6.42 Å². The molecular weight excluding hydrogens is 260 g/mol. The third-order valence-electron chi connectivity index (χ3n) is 3.78. The number of hydrogen-bond donors (Lipinski definition) is 2. The van der Waals surface area contributed by atoms with E-state index in [1.807, 2.05) is 12.1 Å². The highest BCUT2D eigenvalue weighted by atomic mass is 35.5. The summed E-state index contributed by atoms with van der Waals surface area (Å²) in [6.45, 7) is 2.18. The minimum absolute atomic E-state index is 0.0858. The molecule has 1 atom stereocenters. The van der Waals surface area contributed by atoms with Crippen LogP contribution >= 0.6 is 11.6 Å². The summed E-state index contributed by atoms with van der Waals surface area (Å²) in [5.41, 5.74) is 7.36. The Morgan fingerprint density at radius 3 is 2.89 bits per heavy atom. The number of nitrogen functional groups attached to an aromatic ring is 1. The average Bonchev–Trinajstić information content (AvgIpc) is 2.37. The predicted molar refractivity (Wildman–Crippen MR) is 81.4 cm³/mol. The first-order valence-corrected chi connectivity index (χ1v) is 6.92. The van der Waals surface area contributed by atoms with Gasteiger partial charge >= 0.3 is 0 Å². The normalized spacial score (nSPS) is 20.3. The molecule has 0 amide bonds. The van der Waals surface area contributed by atoms with Gasteiger partial charge in [0.2, 0.25) is 0 Å². The molecule has 1 heterocycles. The first-order valence-electron chi connectivity index (χ1n) is 6.54. The highest BCUT2D eigenvalue weighted by molar-refractivity contribution is 6.31. The van der Waals surface area contributed by atoms with E-state index in [9.17, 15) is 0 Å². The number of halogens is 1. The number of rotatable bonds is 3. The van der Waals surface area contributed by atoms with Gasteiger partial charge in [-0.1, -0.05) is 11.6 Å². The van der Waals surface area contributed by atoms with E-state index >= 15 is 0 Å². The molecule has 5 heteroatoms. The molecule has 0 radical (unpaired) electrons. The maximum atomic E-state index is 7.69. The van der Waals surface area contributed by atoms with Crippen LogP contribution in [-0.4, -0.2) is 44.0 Å². The monoisotopic (exact) mass is 280 g/mol. The molecule has 19 heavy (non-hydrogen) atoms. The zero-order valence-electron chi connectivity index (χ0n) is 11.5. The fraction of sp³-hybridized carbons (Fsp3) is 0.500. The van der Waals surface area contributed by atoms with Gasteiger partial charge in [-0.3, -0.25) is 5.41 Å². The quantitative estimate of drug-likeness (QED) is 0.659. The van der Waals surface area contributed by atoms with Crippen LogP contribution in [0.15, 0.2) is 18.2 Å². The van der Waals surface area contributed by atoms with Gasteiger partial charge in [0.1, 0.15) is 5.84 Å². The summed E-state index contributed by atoms with van der Waals surface area (Å²) >= 11 is 6.08. The highest BCUT2D eigenvalue weighted by Gasteiger charge is 2.23. The van der Waals surface area contributed by atoms with E-state index in [2.05, 4.69) is 23.9 Å². The van der Waals surface area contributed by atoms with Crippen molar-refractivity contribution in [3.8, 4) is 0 Å². The van der Waals surface area contributed by atoms with Gasteiger partial charge in [0.05, 0.1) is 0 Å². The van der Waals surface area contributed by atoms with Gasteiger partial charge < -0.3 is 15.5 Å². The van der Waals surface area contributed by atoms with Crippen LogP contribution in [0.3, 0.4) is 0 Å². The Hall–Kier alpha value is -1.26. The van der Waals surface area contributed by atoms with Crippen LogP contribution in [0.4, 0.5) is 5.69 Å². The summed E-state index contributed by atoms with van der Waals surface area (Å²) in [7, 11) is 4.20. The van der Waals surface area contributed by atoms with Crippen molar-refractivity contribution in [1.82, 2.24) is 4.90 Å². The maximum absolute atomic E-state index is 7.69. The lowest BCUT2D eigenvalue weighted by Gasteiger charge is -2.37. The van der Waals surface area contributed by atoms with Crippen LogP contribution in [0.25, 0.3) is 0 Å². The lowest BCUT2D eigenvalue weighted by molar-refractivity contribution is 0.248. The summed E-state index contributed by atoms with van der Waals surface area (Å²) in [5, 5.41) is 8.37. The van der Waals surface area contributed by atoms with Crippen LogP contribution < -0.4 is 10.6 Å². The molecule has 1 aliphatic heterocycles. The lowest BCUT2D eigenvalue weighted by Crippen LogP contribution is -2.45. The van der Waals surface area contributed by atoms with E-state index in [1.54, 1.807) is 6.07 Å². The number of hydrogen-bond acceptors (Lipinski definition) is 3. The molecule has 0 aromatic heterocycles. The summed E-state index contributed by atoms with van der Waals surface area (Å²) in [5.74, 6) is 0.0858. The number of likely N-dealkylation sites (tertiary alicyclic amines) is 1. The number of amidine groups is 1. The van der Waals surface area contributed by atoms with Gasteiger partial charge in [0, 0.05) is 35.9 Å². The minimum atomic E-state index is 0.0858. The van der Waals surface area contributed by atoms with Gasteiger partial charge in [0.25, 0.3) is 0 Å². The van der Waals surface area contributed by atoms with Crippen LogP contribution in [0.1, 0.15) is 18.4 Å². The van der Waals surface area contributed by atoms with Gasteiger partial charge in [-0.15, -0.1) is 0 Å². The van der Waals surface area contributed by atoms with E-state index in [4.69, 9.17) is 22.7 Å². The molecule has 0 saturated carbocycles. The zero-order valence-corrected chi connectivity index (χ0v) is 12.2. The van der Waals surface area contributed by atoms with Crippen molar-refractivity contribution in [2.45, 2.75) is 18.9 Å².